The quantitative estimate of drug-likeness (QED) is 0.255. The standard InChI is InChI=1S/C29H34N6O3Si/c1-19-22(17-38-16-20-8-10-21(37-2)11-9-20)24(39(13-5-6-14-39)25-7-3-4-12-31-25)15-23(19)35-18-32-26-27(35)33-29(30)34-28(26)36/h3-4,7-12,18,22-24H,1,5-6,13-17H2,2H3,(H3,30,33,34,36)/t22-,23-,24-/m0/s1. The summed E-state index contributed by atoms with van der Waals surface area (Å²) in [6.45, 7) is 5.73. The first-order valence-electron chi connectivity index (χ1n) is 13.5. The Morgan fingerprint density at radius 1 is 1.15 bits per heavy atom. The fourth-order valence-corrected chi connectivity index (χ4v) is 13.0. The lowest BCUT2D eigenvalue weighted by molar-refractivity contribution is 0.0975. The molecule has 4 aromatic rings. The molecule has 1 saturated carbocycles. The van der Waals surface area contributed by atoms with Crippen molar-refractivity contribution in [2.75, 3.05) is 19.5 Å². The van der Waals surface area contributed by atoms with Gasteiger partial charge in [-0.3, -0.25) is 14.8 Å². The summed E-state index contributed by atoms with van der Waals surface area (Å²) in [7, 11) is -0.313. The largest absolute Gasteiger partial charge is 0.497 e. The lowest BCUT2D eigenvalue weighted by atomic mass is 10.0. The molecule has 10 heteroatoms. The molecule has 6 rings (SSSR count). The normalized spacial score (nSPS) is 22.5. The number of anilines is 1. The van der Waals surface area contributed by atoms with Crippen LogP contribution in [-0.4, -0.2) is 46.3 Å². The van der Waals surface area contributed by atoms with Crippen LogP contribution in [0, 0.1) is 5.92 Å². The summed E-state index contributed by atoms with van der Waals surface area (Å²) >= 11 is 0. The Morgan fingerprint density at radius 2 is 1.95 bits per heavy atom. The number of aromatic nitrogens is 5. The van der Waals surface area contributed by atoms with Crippen molar-refractivity contribution < 1.29 is 9.47 Å². The number of imidazole rings is 1. The van der Waals surface area contributed by atoms with E-state index in [1.54, 1.807) is 13.4 Å². The van der Waals surface area contributed by atoms with Crippen LogP contribution in [0.15, 0.2) is 71.9 Å². The number of hydrogen-bond acceptors (Lipinski definition) is 7. The van der Waals surface area contributed by atoms with Gasteiger partial charge in [-0.15, -0.1) is 0 Å². The second-order valence-corrected chi connectivity index (χ2v) is 15.3. The van der Waals surface area contributed by atoms with E-state index in [1.807, 2.05) is 41.1 Å². The molecule has 3 atom stereocenters. The molecule has 39 heavy (non-hydrogen) atoms. The summed E-state index contributed by atoms with van der Waals surface area (Å²) in [4.78, 5) is 28.8. The van der Waals surface area contributed by atoms with Gasteiger partial charge in [0.2, 0.25) is 5.95 Å². The van der Waals surface area contributed by atoms with Crippen molar-refractivity contribution in [1.82, 2.24) is 24.5 Å². The second kappa shape index (κ2) is 10.4. The minimum atomic E-state index is -1.98. The molecule has 4 heterocycles. The van der Waals surface area contributed by atoms with Crippen molar-refractivity contribution in [3.05, 3.63) is 83.1 Å². The zero-order valence-electron chi connectivity index (χ0n) is 22.2. The van der Waals surface area contributed by atoms with Gasteiger partial charge in [-0.05, 0) is 47.4 Å². The van der Waals surface area contributed by atoms with E-state index in [2.05, 4.69) is 33.7 Å². The van der Waals surface area contributed by atoms with E-state index in [1.165, 1.54) is 30.2 Å². The van der Waals surface area contributed by atoms with Gasteiger partial charge in [0, 0.05) is 17.4 Å². The van der Waals surface area contributed by atoms with Crippen LogP contribution in [-0.2, 0) is 11.3 Å². The molecule has 202 valence electrons. The SMILES string of the molecule is C=C1[C@H](COCc2ccc(OC)cc2)[C@@H]([Si]2(c3ccccn3)CCCC2)C[C@@H]1n1cnc2c(=O)[nH]c(N)nc21. The molecule has 1 saturated heterocycles. The molecule has 3 N–H and O–H groups in total. The molecule has 3 aromatic heterocycles. The summed E-state index contributed by atoms with van der Waals surface area (Å²) in [6.07, 6.45) is 7.01. The lowest BCUT2D eigenvalue weighted by Crippen LogP contribution is -2.52. The van der Waals surface area contributed by atoms with Crippen molar-refractivity contribution in [1.29, 1.82) is 0 Å². The number of aromatic amines is 1. The maximum absolute atomic E-state index is 12.5. The number of fused-ring (bicyclic) bond motifs is 1. The van der Waals surface area contributed by atoms with Crippen LogP contribution in [0.25, 0.3) is 11.2 Å². The van der Waals surface area contributed by atoms with Crippen molar-refractivity contribution in [2.45, 2.75) is 49.5 Å². The van der Waals surface area contributed by atoms with Crippen LogP contribution in [0.2, 0.25) is 17.6 Å². The number of hydrogen-bond donors (Lipinski definition) is 2. The third-order valence-corrected chi connectivity index (χ3v) is 14.6. The molecule has 0 radical (unpaired) electrons. The van der Waals surface area contributed by atoms with Gasteiger partial charge in [-0.1, -0.05) is 49.7 Å². The molecule has 2 fully saturated rings. The number of nitrogens with zero attached hydrogens (tertiary/aromatic N) is 4. The Hall–Kier alpha value is -3.76. The minimum Gasteiger partial charge on any atom is -0.497 e. The van der Waals surface area contributed by atoms with Crippen molar-refractivity contribution in [3.8, 4) is 5.75 Å². The van der Waals surface area contributed by atoms with Crippen LogP contribution >= 0.6 is 0 Å². The fraction of sp³-hybridized carbons (Fsp3) is 0.379. The fourth-order valence-electron chi connectivity index (χ4n) is 6.86. The summed E-state index contributed by atoms with van der Waals surface area (Å²) in [5, 5.41) is 1.29. The zero-order chi connectivity index (χ0) is 27.0. The van der Waals surface area contributed by atoms with Gasteiger partial charge >= 0.3 is 0 Å². The Labute approximate surface area is 228 Å². The molecule has 2 aliphatic rings. The van der Waals surface area contributed by atoms with Gasteiger partial charge in [0.15, 0.2) is 11.2 Å². The Morgan fingerprint density at radius 3 is 2.67 bits per heavy atom. The second-order valence-electron chi connectivity index (χ2n) is 10.8. The van der Waals surface area contributed by atoms with E-state index in [0.717, 1.165) is 23.3 Å². The number of ether oxygens (including phenoxy) is 2. The van der Waals surface area contributed by atoms with Gasteiger partial charge in [0.1, 0.15) is 13.8 Å². The molecule has 0 amide bonds. The van der Waals surface area contributed by atoms with E-state index in [4.69, 9.17) is 20.2 Å². The monoisotopic (exact) mass is 542 g/mol. The molecule has 0 unspecified atom stereocenters. The number of benzene rings is 1. The zero-order valence-corrected chi connectivity index (χ0v) is 23.2. The van der Waals surface area contributed by atoms with E-state index < -0.39 is 8.07 Å². The average molecular weight is 543 g/mol. The summed E-state index contributed by atoms with van der Waals surface area (Å²) < 4.78 is 13.7. The van der Waals surface area contributed by atoms with Crippen molar-refractivity contribution in [2.24, 2.45) is 5.92 Å². The molecule has 0 spiro atoms. The predicted octanol–water partition coefficient (Wildman–Crippen LogP) is 3.96. The van der Waals surface area contributed by atoms with E-state index in [0.29, 0.717) is 29.9 Å². The molecule has 0 bridgehead atoms. The first-order valence-corrected chi connectivity index (χ1v) is 16.0. The average Bonchev–Trinajstić information content (AvgIpc) is 3.68. The highest BCUT2D eigenvalue weighted by Gasteiger charge is 2.54. The molecule has 1 aliphatic carbocycles. The number of rotatable bonds is 8. The van der Waals surface area contributed by atoms with E-state index in [-0.39, 0.29) is 23.5 Å². The van der Waals surface area contributed by atoms with Crippen molar-refractivity contribution in [3.63, 3.8) is 0 Å². The first kappa shape index (κ1) is 25.5. The highest BCUT2D eigenvalue weighted by atomic mass is 28.3. The number of nitrogen functional groups attached to an aromatic ring is 1. The maximum Gasteiger partial charge on any atom is 0.280 e. The topological polar surface area (TPSA) is 121 Å². The Bertz CT molecular complexity index is 1530. The van der Waals surface area contributed by atoms with Crippen LogP contribution < -0.4 is 21.3 Å². The summed E-state index contributed by atoms with van der Waals surface area (Å²) in [5.74, 6) is 1.08. The lowest BCUT2D eigenvalue weighted by Gasteiger charge is -2.36. The number of H-pyrrole nitrogens is 1. The Kier molecular flexibility index (Phi) is 6.82. The van der Waals surface area contributed by atoms with E-state index in [9.17, 15) is 4.79 Å². The summed E-state index contributed by atoms with van der Waals surface area (Å²) in [6, 6.07) is 16.7. The molecule has 1 aromatic carbocycles. The summed E-state index contributed by atoms with van der Waals surface area (Å²) in [5.41, 5.74) is 8.99. The molecular formula is C29H34N6O3Si. The first-order chi connectivity index (χ1) is 19.0. The molecular weight excluding hydrogens is 508 g/mol. The minimum absolute atomic E-state index is 0.0445. The van der Waals surface area contributed by atoms with Gasteiger partial charge in [-0.2, -0.15) is 4.98 Å². The molecule has 9 nitrogen and oxygen atoms in total. The smallest absolute Gasteiger partial charge is 0.280 e. The van der Waals surface area contributed by atoms with Gasteiger partial charge in [0.25, 0.3) is 5.56 Å². The van der Waals surface area contributed by atoms with Crippen LogP contribution in [0.4, 0.5) is 5.95 Å². The van der Waals surface area contributed by atoms with Gasteiger partial charge < -0.3 is 19.8 Å². The third-order valence-electron chi connectivity index (χ3n) is 8.76. The van der Waals surface area contributed by atoms with Crippen LogP contribution in [0.5, 0.6) is 5.75 Å². The van der Waals surface area contributed by atoms with Gasteiger partial charge in [0.05, 0.1) is 32.7 Å². The third kappa shape index (κ3) is 4.57. The van der Waals surface area contributed by atoms with Crippen LogP contribution in [0.3, 0.4) is 0 Å². The highest BCUT2D eigenvalue weighted by molar-refractivity contribution is 6.93. The predicted molar refractivity (Wildman–Crippen MR) is 154 cm³/mol. The Balaban J connectivity index is 1.35. The van der Waals surface area contributed by atoms with Crippen molar-refractivity contribution >= 4 is 30.5 Å². The van der Waals surface area contributed by atoms with E-state index >= 15 is 0 Å². The maximum atomic E-state index is 12.5. The number of pyridine rings is 1. The molecule has 1 aliphatic heterocycles. The number of nitrogens with two attached hydrogens (primary N) is 1. The highest BCUT2D eigenvalue weighted by Crippen LogP contribution is 2.55. The van der Waals surface area contributed by atoms with Crippen LogP contribution in [0.1, 0.15) is 30.9 Å². The van der Waals surface area contributed by atoms with Gasteiger partial charge in [-0.25, -0.2) is 4.98 Å². The number of nitrogens with one attached hydrogen (secondary N) is 1. The number of methoxy groups -OCH3 is 1.